The molecule has 1 atom stereocenters. The zero-order valence-corrected chi connectivity index (χ0v) is 15.5. The van der Waals surface area contributed by atoms with Gasteiger partial charge in [0.2, 0.25) is 0 Å². The van der Waals surface area contributed by atoms with Crippen molar-refractivity contribution in [3.05, 3.63) is 78.1 Å². The van der Waals surface area contributed by atoms with Crippen LogP contribution in [0.3, 0.4) is 0 Å². The molecular formula is C23H24FNO2. The van der Waals surface area contributed by atoms with Crippen LogP contribution in [0.1, 0.15) is 25.3 Å². The van der Waals surface area contributed by atoms with Crippen molar-refractivity contribution in [1.82, 2.24) is 5.32 Å². The fourth-order valence-electron chi connectivity index (χ4n) is 3.04. The second kappa shape index (κ2) is 9.17. The van der Waals surface area contributed by atoms with Crippen LogP contribution < -0.4 is 10.1 Å². The molecule has 0 heterocycles. The molecule has 0 fully saturated rings. The number of ether oxygens (including phenoxy) is 1. The van der Waals surface area contributed by atoms with Crippen molar-refractivity contribution >= 4 is 16.7 Å². The van der Waals surface area contributed by atoms with Crippen molar-refractivity contribution in [2.45, 2.75) is 32.3 Å². The second-order valence-electron chi connectivity index (χ2n) is 6.51. The highest BCUT2D eigenvalue weighted by atomic mass is 19.1. The Balaban J connectivity index is 1.53. The summed E-state index contributed by atoms with van der Waals surface area (Å²) in [6.07, 6.45) is 1.65. The van der Waals surface area contributed by atoms with Gasteiger partial charge in [0.25, 0.3) is 5.91 Å². The zero-order chi connectivity index (χ0) is 19.1. The number of nitrogens with one attached hydrogen (secondary N) is 1. The van der Waals surface area contributed by atoms with Crippen LogP contribution in [0.15, 0.2) is 66.7 Å². The lowest BCUT2D eigenvalue weighted by Gasteiger charge is -2.18. The van der Waals surface area contributed by atoms with Crippen molar-refractivity contribution in [1.29, 1.82) is 0 Å². The number of rotatable bonds is 8. The van der Waals surface area contributed by atoms with Crippen LogP contribution in [-0.4, -0.2) is 18.6 Å². The number of halogens is 1. The van der Waals surface area contributed by atoms with Gasteiger partial charge in [0.05, 0.1) is 0 Å². The third kappa shape index (κ3) is 5.07. The molecular weight excluding hydrogens is 341 g/mol. The molecule has 0 saturated heterocycles. The molecule has 0 radical (unpaired) electrons. The van der Waals surface area contributed by atoms with E-state index in [-0.39, 0.29) is 11.7 Å². The van der Waals surface area contributed by atoms with Crippen LogP contribution in [0.4, 0.5) is 4.39 Å². The van der Waals surface area contributed by atoms with Gasteiger partial charge in [-0.15, -0.1) is 0 Å². The molecule has 0 bridgehead atoms. The van der Waals surface area contributed by atoms with Crippen molar-refractivity contribution < 1.29 is 13.9 Å². The molecule has 0 saturated carbocycles. The maximum Gasteiger partial charge on any atom is 0.261 e. The summed E-state index contributed by atoms with van der Waals surface area (Å²) in [5, 5.41) is 5.04. The number of amides is 1. The van der Waals surface area contributed by atoms with Gasteiger partial charge in [-0.05, 0) is 48.4 Å². The van der Waals surface area contributed by atoms with Crippen LogP contribution in [0.25, 0.3) is 10.8 Å². The first-order valence-corrected chi connectivity index (χ1v) is 9.34. The van der Waals surface area contributed by atoms with Gasteiger partial charge >= 0.3 is 0 Å². The Labute approximate surface area is 159 Å². The fourth-order valence-corrected chi connectivity index (χ4v) is 3.04. The molecule has 0 aliphatic carbocycles. The second-order valence-corrected chi connectivity index (χ2v) is 6.51. The van der Waals surface area contributed by atoms with E-state index in [1.165, 1.54) is 12.1 Å². The minimum atomic E-state index is -0.526. The van der Waals surface area contributed by atoms with E-state index < -0.39 is 6.10 Å². The summed E-state index contributed by atoms with van der Waals surface area (Å²) in [6, 6.07) is 20.3. The number of hydrogen-bond acceptors (Lipinski definition) is 2. The van der Waals surface area contributed by atoms with Gasteiger partial charge in [-0.1, -0.05) is 55.5 Å². The van der Waals surface area contributed by atoms with E-state index in [4.69, 9.17) is 4.74 Å². The molecule has 0 aromatic heterocycles. The molecule has 3 aromatic carbocycles. The maximum absolute atomic E-state index is 12.9. The van der Waals surface area contributed by atoms with Crippen LogP contribution >= 0.6 is 0 Å². The Bertz CT molecular complexity index is 887. The SMILES string of the molecule is CC[C@@H](Oc1cccc2ccccc12)C(=O)NCCCc1ccc(F)cc1. The predicted octanol–water partition coefficient (Wildman–Crippen LogP) is 4.89. The van der Waals surface area contributed by atoms with E-state index in [1.54, 1.807) is 12.1 Å². The summed E-state index contributed by atoms with van der Waals surface area (Å²) in [7, 11) is 0. The Morgan fingerprint density at radius 3 is 2.56 bits per heavy atom. The van der Waals surface area contributed by atoms with Crippen LogP contribution in [-0.2, 0) is 11.2 Å². The molecule has 3 aromatic rings. The van der Waals surface area contributed by atoms with Crippen molar-refractivity contribution in [2.24, 2.45) is 0 Å². The molecule has 0 aliphatic rings. The highest BCUT2D eigenvalue weighted by molar-refractivity contribution is 5.89. The van der Waals surface area contributed by atoms with Gasteiger partial charge < -0.3 is 10.1 Å². The molecule has 140 valence electrons. The number of fused-ring (bicyclic) bond motifs is 1. The van der Waals surface area contributed by atoms with E-state index in [0.29, 0.717) is 13.0 Å². The Kier molecular flexibility index (Phi) is 6.42. The van der Waals surface area contributed by atoms with Gasteiger partial charge in [0.1, 0.15) is 11.6 Å². The summed E-state index contributed by atoms with van der Waals surface area (Å²) in [5.74, 6) is 0.384. The summed E-state index contributed by atoms with van der Waals surface area (Å²) in [4.78, 5) is 12.5. The average molecular weight is 365 g/mol. The molecule has 4 heteroatoms. The summed E-state index contributed by atoms with van der Waals surface area (Å²) in [6.45, 7) is 2.50. The maximum atomic E-state index is 12.9. The summed E-state index contributed by atoms with van der Waals surface area (Å²) in [5.41, 5.74) is 1.06. The standard InChI is InChI=1S/C23H24FNO2/c1-2-21(27-22-11-5-9-18-8-3-4-10-20(18)22)23(26)25-16-6-7-17-12-14-19(24)15-13-17/h3-5,8-15,21H,2,6-7,16H2,1H3,(H,25,26)/t21-/m1/s1. The van der Waals surface area contributed by atoms with Crippen molar-refractivity contribution in [3.63, 3.8) is 0 Å². The number of carbonyl (C=O) groups is 1. The third-order valence-corrected chi connectivity index (χ3v) is 4.54. The minimum Gasteiger partial charge on any atom is -0.480 e. The molecule has 1 amide bonds. The number of carbonyl (C=O) groups excluding carboxylic acids is 1. The number of aryl methyl sites for hydroxylation is 1. The lowest BCUT2D eigenvalue weighted by molar-refractivity contribution is -0.128. The Morgan fingerprint density at radius 2 is 1.78 bits per heavy atom. The van der Waals surface area contributed by atoms with Gasteiger partial charge in [0, 0.05) is 11.9 Å². The predicted molar refractivity (Wildman–Crippen MR) is 106 cm³/mol. The molecule has 27 heavy (non-hydrogen) atoms. The molecule has 0 spiro atoms. The van der Waals surface area contributed by atoms with E-state index in [2.05, 4.69) is 5.32 Å². The number of hydrogen-bond donors (Lipinski definition) is 1. The normalized spacial score (nSPS) is 11.9. The van der Waals surface area contributed by atoms with E-state index in [9.17, 15) is 9.18 Å². The molecule has 0 unspecified atom stereocenters. The van der Waals surface area contributed by atoms with E-state index >= 15 is 0 Å². The first-order chi connectivity index (χ1) is 13.2. The number of benzene rings is 3. The average Bonchev–Trinajstić information content (AvgIpc) is 2.70. The summed E-state index contributed by atoms with van der Waals surface area (Å²) >= 11 is 0. The first-order valence-electron chi connectivity index (χ1n) is 9.34. The van der Waals surface area contributed by atoms with Crippen LogP contribution in [0.5, 0.6) is 5.75 Å². The third-order valence-electron chi connectivity index (χ3n) is 4.54. The van der Waals surface area contributed by atoms with Gasteiger partial charge in [0.15, 0.2) is 6.10 Å². The highest BCUT2D eigenvalue weighted by Gasteiger charge is 2.18. The Morgan fingerprint density at radius 1 is 1.04 bits per heavy atom. The Hall–Kier alpha value is -2.88. The molecule has 3 rings (SSSR count). The first kappa shape index (κ1) is 18.9. The lowest BCUT2D eigenvalue weighted by Crippen LogP contribution is -2.38. The van der Waals surface area contributed by atoms with Gasteiger partial charge in [-0.2, -0.15) is 0 Å². The fraction of sp³-hybridized carbons (Fsp3) is 0.261. The van der Waals surface area contributed by atoms with Gasteiger partial charge in [-0.3, -0.25) is 4.79 Å². The lowest BCUT2D eigenvalue weighted by atomic mass is 10.1. The van der Waals surface area contributed by atoms with Gasteiger partial charge in [-0.25, -0.2) is 4.39 Å². The van der Waals surface area contributed by atoms with Crippen LogP contribution in [0.2, 0.25) is 0 Å². The van der Waals surface area contributed by atoms with Crippen molar-refractivity contribution in [2.75, 3.05) is 6.54 Å². The van der Waals surface area contributed by atoms with E-state index in [0.717, 1.165) is 34.9 Å². The highest BCUT2D eigenvalue weighted by Crippen LogP contribution is 2.26. The largest absolute Gasteiger partial charge is 0.480 e. The molecule has 3 nitrogen and oxygen atoms in total. The van der Waals surface area contributed by atoms with Crippen LogP contribution in [0, 0.1) is 5.82 Å². The molecule has 1 N–H and O–H groups in total. The van der Waals surface area contributed by atoms with Crippen molar-refractivity contribution in [3.8, 4) is 5.75 Å². The van der Waals surface area contributed by atoms with E-state index in [1.807, 2.05) is 49.4 Å². The minimum absolute atomic E-state index is 0.107. The quantitative estimate of drug-likeness (QED) is 0.578. The summed E-state index contributed by atoms with van der Waals surface area (Å²) < 4.78 is 18.9. The monoisotopic (exact) mass is 365 g/mol. The molecule has 0 aliphatic heterocycles. The smallest absolute Gasteiger partial charge is 0.261 e. The topological polar surface area (TPSA) is 38.3 Å². The zero-order valence-electron chi connectivity index (χ0n) is 15.5.